The van der Waals surface area contributed by atoms with Gasteiger partial charge in [-0.2, -0.15) is 0 Å². The molecule has 318 valence electrons. The molecular weight excluding hydrogens is 825 g/mol. The van der Waals surface area contributed by atoms with Crippen LogP contribution in [-0.2, 0) is 5.41 Å². The van der Waals surface area contributed by atoms with Gasteiger partial charge in [0.05, 0.1) is 22.1 Å². The van der Waals surface area contributed by atoms with Crippen LogP contribution in [0.2, 0.25) is 0 Å². The average Bonchev–Trinajstić information content (AvgIpc) is 4.07. The Labute approximate surface area is 394 Å². The lowest BCUT2D eigenvalue weighted by molar-refractivity contribution is 0.673. The highest BCUT2D eigenvalue weighted by Gasteiger charge is 2.46. The van der Waals surface area contributed by atoms with Crippen LogP contribution < -0.4 is 4.90 Å². The molecule has 2 aromatic heterocycles. The van der Waals surface area contributed by atoms with Crippen LogP contribution in [0.3, 0.4) is 0 Å². The number of benzene rings is 11. The molecule has 0 radical (unpaired) electrons. The Morgan fingerprint density at radius 2 is 0.882 bits per heavy atom. The SMILES string of the molecule is c1ccc(C2(c3ccccc3)c3ccccc3-c3c(-c4ccc(N(c5ccc(-n6c7ccccc7c7ccccc76)cc5)c5cccc6c5oc5c7ccccc7ccc65)cc4)cccc32)cc1. The van der Waals surface area contributed by atoms with E-state index in [-0.39, 0.29) is 0 Å². The molecule has 0 fully saturated rings. The largest absolute Gasteiger partial charge is 0.453 e. The van der Waals surface area contributed by atoms with Gasteiger partial charge in [-0.05, 0) is 111 Å². The van der Waals surface area contributed by atoms with Crippen LogP contribution in [0.5, 0.6) is 0 Å². The molecule has 0 amide bonds. The second kappa shape index (κ2) is 15.1. The van der Waals surface area contributed by atoms with Gasteiger partial charge in [0.1, 0.15) is 5.58 Å². The van der Waals surface area contributed by atoms with Gasteiger partial charge in [-0.15, -0.1) is 0 Å². The number of fused-ring (bicyclic) bond motifs is 11. The first kappa shape index (κ1) is 38.4. The molecule has 0 saturated heterocycles. The molecular formula is C65H42N2O. The molecule has 11 aromatic carbocycles. The Hall–Kier alpha value is -8.92. The zero-order valence-electron chi connectivity index (χ0n) is 37.1. The molecule has 0 bridgehead atoms. The average molecular weight is 867 g/mol. The van der Waals surface area contributed by atoms with Crippen molar-refractivity contribution in [1.82, 2.24) is 4.57 Å². The van der Waals surface area contributed by atoms with Gasteiger partial charge in [0.25, 0.3) is 0 Å². The second-order valence-electron chi connectivity index (χ2n) is 17.9. The fourth-order valence-electron chi connectivity index (χ4n) is 11.6. The summed E-state index contributed by atoms with van der Waals surface area (Å²) in [5.74, 6) is 0. The topological polar surface area (TPSA) is 21.3 Å². The lowest BCUT2D eigenvalue weighted by Gasteiger charge is -2.34. The van der Waals surface area contributed by atoms with Crippen molar-refractivity contribution in [2.45, 2.75) is 5.41 Å². The van der Waals surface area contributed by atoms with E-state index in [1.165, 1.54) is 60.8 Å². The van der Waals surface area contributed by atoms with Crippen LogP contribution >= 0.6 is 0 Å². The van der Waals surface area contributed by atoms with Gasteiger partial charge < -0.3 is 13.9 Å². The molecule has 1 aliphatic rings. The van der Waals surface area contributed by atoms with Gasteiger partial charge in [-0.25, -0.2) is 0 Å². The number of aromatic nitrogens is 1. The zero-order chi connectivity index (χ0) is 44.8. The summed E-state index contributed by atoms with van der Waals surface area (Å²) in [6.07, 6.45) is 0. The molecule has 0 atom stereocenters. The Morgan fingerprint density at radius 3 is 1.59 bits per heavy atom. The van der Waals surface area contributed by atoms with Crippen molar-refractivity contribution in [3.63, 3.8) is 0 Å². The highest BCUT2D eigenvalue weighted by Crippen LogP contribution is 2.58. The maximum absolute atomic E-state index is 7.02. The molecule has 13 aromatic rings. The first-order valence-corrected chi connectivity index (χ1v) is 23.4. The molecule has 68 heavy (non-hydrogen) atoms. The Kier molecular flexibility index (Phi) is 8.50. The van der Waals surface area contributed by atoms with Crippen molar-refractivity contribution in [2.24, 2.45) is 0 Å². The predicted molar refractivity (Wildman–Crippen MR) is 283 cm³/mol. The van der Waals surface area contributed by atoms with Crippen molar-refractivity contribution in [3.05, 3.63) is 277 Å². The quantitative estimate of drug-likeness (QED) is 0.159. The van der Waals surface area contributed by atoms with E-state index in [1.807, 2.05) is 0 Å². The van der Waals surface area contributed by atoms with Gasteiger partial charge in [-0.1, -0.05) is 194 Å². The van der Waals surface area contributed by atoms with Crippen LogP contribution in [0.1, 0.15) is 22.3 Å². The first-order chi connectivity index (χ1) is 33.8. The highest BCUT2D eigenvalue weighted by molar-refractivity contribution is 6.17. The third-order valence-corrected chi connectivity index (χ3v) is 14.5. The molecule has 3 nitrogen and oxygen atoms in total. The van der Waals surface area contributed by atoms with Crippen molar-refractivity contribution < 1.29 is 4.42 Å². The van der Waals surface area contributed by atoms with Crippen molar-refractivity contribution in [1.29, 1.82) is 0 Å². The molecule has 3 heteroatoms. The van der Waals surface area contributed by atoms with E-state index in [1.54, 1.807) is 0 Å². The fraction of sp³-hybridized carbons (Fsp3) is 0.0154. The summed E-state index contributed by atoms with van der Waals surface area (Å²) in [4.78, 5) is 2.35. The summed E-state index contributed by atoms with van der Waals surface area (Å²) < 4.78 is 9.40. The molecule has 0 spiro atoms. The van der Waals surface area contributed by atoms with Crippen LogP contribution in [0.15, 0.2) is 259 Å². The molecule has 0 saturated carbocycles. The van der Waals surface area contributed by atoms with Crippen molar-refractivity contribution in [3.8, 4) is 27.9 Å². The fourth-order valence-corrected chi connectivity index (χ4v) is 11.6. The summed E-state index contributed by atoms with van der Waals surface area (Å²) in [7, 11) is 0. The number of para-hydroxylation sites is 3. The third kappa shape index (κ3) is 5.54. The number of hydrogen-bond donors (Lipinski definition) is 0. The first-order valence-electron chi connectivity index (χ1n) is 23.4. The standard InChI is InChI=1S/C65H42N2O/c1-3-18-45(19-4-1)65(46-20-5-2-6-21-46)57-28-12-9-25-56(57)62-50(26-15-29-58(62)65)44-33-36-47(37-34-44)66(61-32-16-27-54-55-42-35-43-17-7-8-22-51(43)63(55)68-64(54)61)48-38-40-49(41-39-48)67-59-30-13-10-23-52(59)53-24-11-14-31-60(53)67/h1-42H. The molecule has 0 aliphatic heterocycles. The summed E-state index contributed by atoms with van der Waals surface area (Å²) in [5.41, 5.74) is 17.9. The van der Waals surface area contributed by atoms with E-state index in [0.29, 0.717) is 0 Å². The van der Waals surface area contributed by atoms with Gasteiger partial charge >= 0.3 is 0 Å². The van der Waals surface area contributed by atoms with Gasteiger partial charge in [0.2, 0.25) is 0 Å². The normalized spacial score (nSPS) is 12.8. The third-order valence-electron chi connectivity index (χ3n) is 14.5. The second-order valence-corrected chi connectivity index (χ2v) is 17.9. The number of hydrogen-bond acceptors (Lipinski definition) is 2. The monoisotopic (exact) mass is 866 g/mol. The minimum absolute atomic E-state index is 0.469. The van der Waals surface area contributed by atoms with Crippen LogP contribution in [0.4, 0.5) is 17.1 Å². The van der Waals surface area contributed by atoms with Gasteiger partial charge in [0, 0.05) is 44.0 Å². The lowest BCUT2D eigenvalue weighted by Crippen LogP contribution is -2.28. The predicted octanol–water partition coefficient (Wildman–Crippen LogP) is 17.3. The highest BCUT2D eigenvalue weighted by atomic mass is 16.3. The Bertz CT molecular complexity index is 3980. The van der Waals surface area contributed by atoms with Gasteiger partial charge in [0.15, 0.2) is 5.58 Å². The minimum atomic E-state index is -0.469. The lowest BCUT2D eigenvalue weighted by atomic mass is 9.67. The smallest absolute Gasteiger partial charge is 0.159 e. The van der Waals surface area contributed by atoms with E-state index in [9.17, 15) is 0 Å². The number of nitrogens with zero attached hydrogens (tertiary/aromatic N) is 2. The number of rotatable bonds is 7. The summed E-state index contributed by atoms with van der Waals surface area (Å²) in [6, 6.07) is 92.8. The Morgan fingerprint density at radius 1 is 0.353 bits per heavy atom. The molecule has 1 aliphatic carbocycles. The van der Waals surface area contributed by atoms with Crippen LogP contribution in [0.25, 0.3) is 82.5 Å². The van der Waals surface area contributed by atoms with E-state index in [4.69, 9.17) is 4.42 Å². The molecule has 2 heterocycles. The minimum Gasteiger partial charge on any atom is -0.453 e. The molecule has 0 unspecified atom stereocenters. The van der Waals surface area contributed by atoms with E-state index < -0.39 is 5.41 Å². The van der Waals surface area contributed by atoms with Gasteiger partial charge in [-0.3, -0.25) is 0 Å². The van der Waals surface area contributed by atoms with E-state index in [2.05, 4.69) is 264 Å². The summed E-state index contributed by atoms with van der Waals surface area (Å²) >= 11 is 0. The molecule has 14 rings (SSSR count). The summed E-state index contributed by atoms with van der Waals surface area (Å²) in [5, 5.41) is 6.96. The number of anilines is 3. The zero-order valence-corrected chi connectivity index (χ0v) is 37.1. The molecule has 0 N–H and O–H groups in total. The van der Waals surface area contributed by atoms with E-state index in [0.717, 1.165) is 61.0 Å². The van der Waals surface area contributed by atoms with Crippen LogP contribution in [-0.4, -0.2) is 4.57 Å². The van der Waals surface area contributed by atoms with E-state index >= 15 is 0 Å². The number of furan rings is 1. The maximum atomic E-state index is 7.02. The summed E-state index contributed by atoms with van der Waals surface area (Å²) in [6.45, 7) is 0. The van der Waals surface area contributed by atoms with Crippen molar-refractivity contribution >= 4 is 71.6 Å². The van der Waals surface area contributed by atoms with Crippen LogP contribution in [0, 0.1) is 0 Å². The Balaban J connectivity index is 0.948. The van der Waals surface area contributed by atoms with Crippen molar-refractivity contribution in [2.75, 3.05) is 4.90 Å². The maximum Gasteiger partial charge on any atom is 0.159 e.